The third-order valence-corrected chi connectivity index (χ3v) is 7.54. The lowest BCUT2D eigenvalue weighted by atomic mass is 9.68. The number of hydrogen-bond donors (Lipinski definition) is 2. The van der Waals surface area contributed by atoms with Gasteiger partial charge in [0.1, 0.15) is 0 Å². The Balaban J connectivity index is 1.35. The second-order valence-corrected chi connectivity index (χ2v) is 9.31. The molecule has 29 heavy (non-hydrogen) atoms. The Labute approximate surface area is 173 Å². The van der Waals surface area contributed by atoms with E-state index in [0.717, 1.165) is 38.8 Å². The third-order valence-electron chi connectivity index (χ3n) is 7.54. The lowest BCUT2D eigenvalue weighted by molar-refractivity contribution is -0.104. The molecule has 0 amide bonds. The highest BCUT2D eigenvalue weighted by molar-refractivity contribution is 5.36. The summed E-state index contributed by atoms with van der Waals surface area (Å²) in [5.74, 6) is 0. The van der Waals surface area contributed by atoms with Crippen LogP contribution in [0, 0.1) is 0 Å². The number of aromatic nitrogens is 1. The van der Waals surface area contributed by atoms with Crippen molar-refractivity contribution in [1.29, 1.82) is 0 Å². The van der Waals surface area contributed by atoms with Crippen molar-refractivity contribution in [1.82, 2.24) is 10.3 Å². The summed E-state index contributed by atoms with van der Waals surface area (Å²) in [6.07, 6.45) is 10.4. The number of fused-ring (bicyclic) bond motifs is 1. The van der Waals surface area contributed by atoms with Gasteiger partial charge in [-0.2, -0.15) is 0 Å². The molecule has 0 bridgehead atoms. The molecule has 2 aromatic rings. The molecule has 2 N–H and O–H groups in total. The molecular weight excluding hydrogens is 360 g/mol. The molecule has 1 spiro atoms. The maximum atomic E-state index is 10.6. The molecule has 1 aromatic carbocycles. The van der Waals surface area contributed by atoms with E-state index in [2.05, 4.69) is 41.7 Å². The Bertz CT molecular complexity index is 834. The Morgan fingerprint density at radius 2 is 1.90 bits per heavy atom. The first-order chi connectivity index (χ1) is 14.2. The van der Waals surface area contributed by atoms with E-state index in [1.165, 1.54) is 42.5 Å². The summed E-state index contributed by atoms with van der Waals surface area (Å²) in [6, 6.07) is 14.8. The van der Waals surface area contributed by atoms with E-state index in [0.29, 0.717) is 0 Å². The number of hydrogen-bond acceptors (Lipinski definition) is 4. The molecule has 1 saturated carbocycles. The van der Waals surface area contributed by atoms with E-state index in [-0.39, 0.29) is 23.2 Å². The summed E-state index contributed by atoms with van der Waals surface area (Å²) in [4.78, 5) is 4.80. The lowest BCUT2D eigenvalue weighted by Crippen LogP contribution is -2.47. The van der Waals surface area contributed by atoms with Crippen molar-refractivity contribution in [2.45, 2.75) is 74.5 Å². The maximum Gasteiger partial charge on any atom is 0.0775 e. The average molecular weight is 393 g/mol. The second-order valence-electron chi connectivity index (χ2n) is 9.31. The zero-order valence-electron chi connectivity index (χ0n) is 17.1. The highest BCUT2D eigenvalue weighted by Gasteiger charge is 2.48. The van der Waals surface area contributed by atoms with Crippen LogP contribution in [0.25, 0.3) is 0 Å². The first-order valence-electron chi connectivity index (χ1n) is 11.2. The Kier molecular flexibility index (Phi) is 5.19. The molecule has 2 aliphatic carbocycles. The van der Waals surface area contributed by atoms with Crippen molar-refractivity contribution in [3.63, 3.8) is 0 Å². The number of benzene rings is 1. The number of nitrogens with one attached hydrogen (secondary N) is 1. The summed E-state index contributed by atoms with van der Waals surface area (Å²) >= 11 is 0. The first kappa shape index (κ1) is 19.2. The van der Waals surface area contributed by atoms with Gasteiger partial charge in [-0.25, -0.2) is 0 Å². The van der Waals surface area contributed by atoms with Gasteiger partial charge in [0.15, 0.2) is 0 Å². The van der Waals surface area contributed by atoms with Crippen LogP contribution in [0.1, 0.15) is 67.8 Å². The average Bonchev–Trinajstić information content (AvgIpc) is 3.33. The number of pyridine rings is 1. The summed E-state index contributed by atoms with van der Waals surface area (Å²) in [6.45, 7) is 1.70. The molecule has 3 atom stereocenters. The van der Waals surface area contributed by atoms with E-state index in [1.54, 1.807) is 0 Å². The quantitative estimate of drug-likeness (QED) is 0.805. The van der Waals surface area contributed by atoms with Gasteiger partial charge in [0.05, 0.1) is 17.7 Å². The molecule has 154 valence electrons. The molecule has 1 aromatic heterocycles. The van der Waals surface area contributed by atoms with Crippen molar-refractivity contribution < 1.29 is 9.84 Å². The van der Waals surface area contributed by atoms with Gasteiger partial charge in [0.2, 0.25) is 0 Å². The molecule has 5 rings (SSSR count). The van der Waals surface area contributed by atoms with Crippen molar-refractivity contribution in [3.05, 3.63) is 65.5 Å². The van der Waals surface area contributed by atoms with Crippen LogP contribution in [0.15, 0.2) is 48.7 Å². The van der Waals surface area contributed by atoms with Gasteiger partial charge in [-0.3, -0.25) is 4.98 Å². The van der Waals surface area contributed by atoms with Gasteiger partial charge in [-0.15, -0.1) is 0 Å². The first-order valence-corrected chi connectivity index (χ1v) is 11.2. The SMILES string of the molecule is O[C@@H]1Cc2ccccc2[C@H]1NCCC1(c2ccccn2)CCOC2(CCCC2)C1. The van der Waals surface area contributed by atoms with Gasteiger partial charge in [0, 0.05) is 30.3 Å². The highest BCUT2D eigenvalue weighted by Crippen LogP contribution is 2.49. The minimum atomic E-state index is -0.339. The predicted octanol–water partition coefficient (Wildman–Crippen LogP) is 4.08. The van der Waals surface area contributed by atoms with Crippen LogP contribution in [-0.2, 0) is 16.6 Å². The number of ether oxygens (including phenoxy) is 1. The monoisotopic (exact) mass is 392 g/mol. The van der Waals surface area contributed by atoms with Gasteiger partial charge in [-0.1, -0.05) is 43.2 Å². The normalized spacial score (nSPS) is 30.5. The number of aliphatic hydroxyl groups is 1. The van der Waals surface area contributed by atoms with Crippen LogP contribution in [0.5, 0.6) is 0 Å². The maximum absolute atomic E-state index is 10.6. The Hall–Kier alpha value is -1.75. The molecule has 3 aliphatic rings. The van der Waals surface area contributed by atoms with Crippen LogP contribution >= 0.6 is 0 Å². The van der Waals surface area contributed by atoms with Gasteiger partial charge < -0.3 is 15.2 Å². The fourth-order valence-electron chi connectivity index (χ4n) is 6.08. The van der Waals surface area contributed by atoms with E-state index in [1.807, 2.05) is 12.3 Å². The molecule has 2 fully saturated rings. The largest absolute Gasteiger partial charge is 0.391 e. The van der Waals surface area contributed by atoms with Gasteiger partial charge >= 0.3 is 0 Å². The smallest absolute Gasteiger partial charge is 0.0775 e. The fourth-order valence-corrected chi connectivity index (χ4v) is 6.08. The molecule has 1 aliphatic heterocycles. The van der Waals surface area contributed by atoms with Gasteiger partial charge in [-0.05, 0) is 61.9 Å². The van der Waals surface area contributed by atoms with Crippen molar-refractivity contribution in [2.24, 2.45) is 0 Å². The number of rotatable bonds is 5. The zero-order valence-corrected chi connectivity index (χ0v) is 17.1. The van der Waals surface area contributed by atoms with Crippen molar-refractivity contribution >= 4 is 0 Å². The van der Waals surface area contributed by atoms with E-state index in [9.17, 15) is 5.11 Å². The van der Waals surface area contributed by atoms with Crippen LogP contribution in [0.3, 0.4) is 0 Å². The lowest BCUT2D eigenvalue weighted by Gasteiger charge is -2.46. The molecule has 1 saturated heterocycles. The van der Waals surface area contributed by atoms with Crippen molar-refractivity contribution in [2.75, 3.05) is 13.2 Å². The summed E-state index contributed by atoms with van der Waals surface area (Å²) in [5, 5.41) is 14.3. The molecule has 4 nitrogen and oxygen atoms in total. The second kappa shape index (κ2) is 7.82. The zero-order chi connectivity index (χ0) is 19.7. The molecule has 0 radical (unpaired) electrons. The van der Waals surface area contributed by atoms with Crippen LogP contribution in [0.2, 0.25) is 0 Å². The van der Waals surface area contributed by atoms with Crippen LogP contribution in [0.4, 0.5) is 0 Å². The Morgan fingerprint density at radius 3 is 2.72 bits per heavy atom. The minimum Gasteiger partial charge on any atom is -0.391 e. The standard InChI is InChI=1S/C25H32N2O2/c28-21-17-19-7-1-2-8-20(19)23(21)27-15-12-24(22-9-3-6-14-26-22)13-16-29-25(18-24)10-4-5-11-25/h1-3,6-9,14,21,23,27-28H,4-5,10-13,15-18H2/t21-,23-,24?/m1/s1. The number of nitrogens with zero attached hydrogens (tertiary/aromatic N) is 1. The summed E-state index contributed by atoms with van der Waals surface area (Å²) in [5.41, 5.74) is 3.85. The fraction of sp³-hybridized carbons (Fsp3) is 0.560. The summed E-state index contributed by atoms with van der Waals surface area (Å²) < 4.78 is 6.36. The Morgan fingerprint density at radius 1 is 1.07 bits per heavy atom. The molecule has 2 heterocycles. The topological polar surface area (TPSA) is 54.4 Å². The highest BCUT2D eigenvalue weighted by atomic mass is 16.5. The van der Waals surface area contributed by atoms with Crippen LogP contribution in [-0.4, -0.2) is 34.9 Å². The molecular formula is C25H32N2O2. The summed E-state index contributed by atoms with van der Waals surface area (Å²) in [7, 11) is 0. The molecule has 1 unspecified atom stereocenters. The van der Waals surface area contributed by atoms with E-state index in [4.69, 9.17) is 9.72 Å². The van der Waals surface area contributed by atoms with E-state index >= 15 is 0 Å². The molecule has 4 heteroatoms. The number of aliphatic hydroxyl groups excluding tert-OH is 1. The van der Waals surface area contributed by atoms with Crippen LogP contribution < -0.4 is 5.32 Å². The third kappa shape index (κ3) is 3.63. The predicted molar refractivity (Wildman–Crippen MR) is 114 cm³/mol. The van der Waals surface area contributed by atoms with Crippen molar-refractivity contribution in [3.8, 4) is 0 Å². The minimum absolute atomic E-state index is 0.0345. The van der Waals surface area contributed by atoms with Gasteiger partial charge in [0.25, 0.3) is 0 Å². The van der Waals surface area contributed by atoms with E-state index < -0.39 is 0 Å².